The minimum Gasteiger partial charge on any atom is -0.299 e. The molecular formula is C22H40O. The Hall–Kier alpha value is -0.330. The van der Waals surface area contributed by atoms with Gasteiger partial charge in [-0.3, -0.25) is 4.79 Å². The maximum Gasteiger partial charge on any atom is 0.139 e. The first-order chi connectivity index (χ1) is 11.3. The molecule has 1 unspecified atom stereocenters. The lowest BCUT2D eigenvalue weighted by molar-refractivity contribution is -0.133. The van der Waals surface area contributed by atoms with Crippen LogP contribution in [-0.4, -0.2) is 5.78 Å². The van der Waals surface area contributed by atoms with Crippen LogP contribution in [0.15, 0.2) is 0 Å². The van der Waals surface area contributed by atoms with E-state index in [4.69, 9.17) is 0 Å². The molecule has 1 heteroatoms. The highest BCUT2D eigenvalue weighted by atomic mass is 16.1. The maximum absolute atomic E-state index is 13.1. The van der Waals surface area contributed by atoms with E-state index < -0.39 is 0 Å². The van der Waals surface area contributed by atoms with E-state index in [0.29, 0.717) is 11.7 Å². The molecule has 0 radical (unpaired) electrons. The van der Waals surface area contributed by atoms with Gasteiger partial charge in [-0.15, -0.1) is 0 Å². The zero-order valence-corrected chi connectivity index (χ0v) is 15.7. The number of hydrogen-bond acceptors (Lipinski definition) is 1. The Morgan fingerprint density at radius 2 is 1.48 bits per heavy atom. The Labute approximate surface area is 145 Å². The summed E-state index contributed by atoms with van der Waals surface area (Å²) in [5.74, 6) is 1.38. The first-order valence-corrected chi connectivity index (χ1v) is 10.8. The molecule has 0 heterocycles. The number of hydrogen-bond donors (Lipinski definition) is 0. The van der Waals surface area contributed by atoms with Crippen LogP contribution in [0.3, 0.4) is 0 Å². The molecule has 2 rings (SSSR count). The molecule has 0 aliphatic heterocycles. The van der Waals surface area contributed by atoms with Crippen LogP contribution in [0.2, 0.25) is 0 Å². The molecular weight excluding hydrogens is 280 g/mol. The minimum atomic E-state index is 0.0889. The Kier molecular flexibility index (Phi) is 8.69. The molecule has 0 aromatic rings. The quantitative estimate of drug-likeness (QED) is 0.340. The van der Waals surface area contributed by atoms with Gasteiger partial charge in [0.25, 0.3) is 0 Å². The van der Waals surface area contributed by atoms with Crippen molar-refractivity contribution in [3.8, 4) is 0 Å². The van der Waals surface area contributed by atoms with Crippen LogP contribution in [0.5, 0.6) is 0 Å². The van der Waals surface area contributed by atoms with Gasteiger partial charge in [-0.25, -0.2) is 0 Å². The first kappa shape index (κ1) is 19.0. The molecule has 1 atom stereocenters. The standard InChI is InChI=1S/C22H40O/c1-2-3-4-5-8-13-18-22(19-14-9-12-17-21(22)23)20-15-10-6-7-11-16-20/h20H,2-19H2,1H3. The van der Waals surface area contributed by atoms with Crippen LogP contribution in [0, 0.1) is 11.3 Å². The van der Waals surface area contributed by atoms with Crippen molar-refractivity contribution < 1.29 is 4.79 Å². The average Bonchev–Trinajstić information content (AvgIpc) is 2.93. The molecule has 2 fully saturated rings. The van der Waals surface area contributed by atoms with E-state index in [1.54, 1.807) is 0 Å². The van der Waals surface area contributed by atoms with Crippen LogP contribution >= 0.6 is 0 Å². The molecule has 2 saturated carbocycles. The van der Waals surface area contributed by atoms with Gasteiger partial charge >= 0.3 is 0 Å². The van der Waals surface area contributed by atoms with E-state index in [-0.39, 0.29) is 5.41 Å². The highest BCUT2D eigenvalue weighted by molar-refractivity contribution is 5.85. The van der Waals surface area contributed by atoms with E-state index in [1.807, 2.05) is 0 Å². The normalized spacial score (nSPS) is 27.6. The van der Waals surface area contributed by atoms with E-state index >= 15 is 0 Å². The van der Waals surface area contributed by atoms with Gasteiger partial charge in [0.05, 0.1) is 0 Å². The van der Waals surface area contributed by atoms with Gasteiger partial charge in [-0.05, 0) is 38.0 Å². The fourth-order valence-corrected chi connectivity index (χ4v) is 5.24. The number of carbonyl (C=O) groups excluding carboxylic acids is 1. The Bertz CT molecular complexity index is 327. The summed E-state index contributed by atoms with van der Waals surface area (Å²) in [6.07, 6.45) is 23.4. The van der Waals surface area contributed by atoms with E-state index in [1.165, 1.54) is 103 Å². The molecule has 0 saturated heterocycles. The summed E-state index contributed by atoms with van der Waals surface area (Å²) in [6, 6.07) is 0. The molecule has 0 spiro atoms. The summed E-state index contributed by atoms with van der Waals surface area (Å²) in [7, 11) is 0. The SMILES string of the molecule is CCCCCCCCC1(C2CCCCCC2)CCCCCC1=O. The average molecular weight is 321 g/mol. The summed E-state index contributed by atoms with van der Waals surface area (Å²) in [5, 5.41) is 0. The number of Topliss-reactive ketones (excluding diaryl/α,β-unsaturated/α-hetero) is 1. The molecule has 0 N–H and O–H groups in total. The van der Waals surface area contributed by atoms with Crippen molar-refractivity contribution in [1.82, 2.24) is 0 Å². The second-order valence-corrected chi connectivity index (χ2v) is 8.35. The monoisotopic (exact) mass is 320 g/mol. The molecule has 0 aromatic heterocycles. The van der Waals surface area contributed by atoms with E-state index in [9.17, 15) is 4.79 Å². The zero-order valence-electron chi connectivity index (χ0n) is 15.7. The van der Waals surface area contributed by atoms with Gasteiger partial charge in [-0.2, -0.15) is 0 Å². The molecule has 0 amide bonds. The molecule has 0 bridgehead atoms. The van der Waals surface area contributed by atoms with Crippen molar-refractivity contribution in [2.45, 2.75) is 122 Å². The van der Waals surface area contributed by atoms with Gasteiger partial charge in [0.2, 0.25) is 0 Å². The van der Waals surface area contributed by atoms with Crippen molar-refractivity contribution in [2.24, 2.45) is 11.3 Å². The number of ketones is 1. The van der Waals surface area contributed by atoms with Crippen molar-refractivity contribution in [1.29, 1.82) is 0 Å². The number of carbonyl (C=O) groups is 1. The number of rotatable bonds is 8. The van der Waals surface area contributed by atoms with Crippen LogP contribution < -0.4 is 0 Å². The highest BCUT2D eigenvalue weighted by Crippen LogP contribution is 2.48. The topological polar surface area (TPSA) is 17.1 Å². The van der Waals surface area contributed by atoms with Crippen LogP contribution in [-0.2, 0) is 4.79 Å². The first-order valence-electron chi connectivity index (χ1n) is 10.8. The minimum absolute atomic E-state index is 0.0889. The van der Waals surface area contributed by atoms with Crippen LogP contribution in [0.25, 0.3) is 0 Å². The van der Waals surface area contributed by atoms with Crippen molar-refractivity contribution >= 4 is 5.78 Å². The molecule has 2 aliphatic carbocycles. The van der Waals surface area contributed by atoms with Crippen molar-refractivity contribution in [3.05, 3.63) is 0 Å². The van der Waals surface area contributed by atoms with Gasteiger partial charge in [0.1, 0.15) is 5.78 Å². The lowest BCUT2D eigenvalue weighted by atomic mass is 9.63. The van der Waals surface area contributed by atoms with E-state index in [2.05, 4.69) is 6.92 Å². The van der Waals surface area contributed by atoms with Crippen LogP contribution in [0.4, 0.5) is 0 Å². The Morgan fingerprint density at radius 1 is 0.826 bits per heavy atom. The molecule has 2 aliphatic rings. The summed E-state index contributed by atoms with van der Waals surface area (Å²) in [4.78, 5) is 13.1. The second-order valence-electron chi connectivity index (χ2n) is 8.35. The third kappa shape index (κ3) is 5.61. The van der Waals surface area contributed by atoms with E-state index in [0.717, 1.165) is 12.8 Å². The third-order valence-electron chi connectivity index (χ3n) is 6.70. The molecule has 23 heavy (non-hydrogen) atoms. The van der Waals surface area contributed by atoms with Gasteiger partial charge < -0.3 is 0 Å². The summed E-state index contributed by atoms with van der Waals surface area (Å²) >= 11 is 0. The summed E-state index contributed by atoms with van der Waals surface area (Å²) in [5.41, 5.74) is 0.0889. The molecule has 0 aromatic carbocycles. The summed E-state index contributed by atoms with van der Waals surface area (Å²) < 4.78 is 0. The molecule has 134 valence electrons. The third-order valence-corrected chi connectivity index (χ3v) is 6.70. The van der Waals surface area contributed by atoms with Crippen LogP contribution in [0.1, 0.15) is 122 Å². The van der Waals surface area contributed by atoms with Gasteiger partial charge in [0.15, 0.2) is 0 Å². The fourth-order valence-electron chi connectivity index (χ4n) is 5.24. The van der Waals surface area contributed by atoms with Gasteiger partial charge in [0, 0.05) is 11.8 Å². The smallest absolute Gasteiger partial charge is 0.139 e. The predicted octanol–water partition coefficient (Wildman–Crippen LogP) is 7.23. The largest absolute Gasteiger partial charge is 0.299 e. The second kappa shape index (κ2) is 10.5. The van der Waals surface area contributed by atoms with Crippen molar-refractivity contribution in [3.63, 3.8) is 0 Å². The molecule has 1 nitrogen and oxygen atoms in total. The highest BCUT2D eigenvalue weighted by Gasteiger charge is 2.44. The van der Waals surface area contributed by atoms with Gasteiger partial charge in [-0.1, -0.05) is 84.0 Å². The van der Waals surface area contributed by atoms with Crippen molar-refractivity contribution in [2.75, 3.05) is 0 Å². The zero-order chi connectivity index (χ0) is 16.4. The Morgan fingerprint density at radius 3 is 2.22 bits per heavy atom. The predicted molar refractivity (Wildman–Crippen MR) is 99.7 cm³/mol. The lowest BCUT2D eigenvalue weighted by Gasteiger charge is -2.39. The summed E-state index contributed by atoms with van der Waals surface area (Å²) in [6.45, 7) is 2.28. The maximum atomic E-state index is 13.1. The fraction of sp³-hybridized carbons (Fsp3) is 0.955. The lowest BCUT2D eigenvalue weighted by Crippen LogP contribution is -2.38. The Balaban J connectivity index is 1.96. The number of unbranched alkanes of at least 4 members (excludes halogenated alkanes) is 5.